The third kappa shape index (κ3) is 7.59. The summed E-state index contributed by atoms with van der Waals surface area (Å²) in [5, 5.41) is 9.39. The average Bonchev–Trinajstić information content (AvgIpc) is 1.99. The summed E-state index contributed by atoms with van der Waals surface area (Å²) >= 11 is 0. The Hall–Kier alpha value is -0.520. The number of aliphatic hydroxyl groups is 1. The van der Waals surface area contributed by atoms with Gasteiger partial charge in [-0.05, 0) is 19.8 Å². The van der Waals surface area contributed by atoms with Crippen LogP contribution in [0, 0.1) is 12.3 Å². The van der Waals surface area contributed by atoms with Crippen LogP contribution in [0.5, 0.6) is 0 Å². The second kappa shape index (κ2) is 7.15. The van der Waals surface area contributed by atoms with Crippen LogP contribution in [0.3, 0.4) is 0 Å². The van der Waals surface area contributed by atoms with Crippen molar-refractivity contribution in [2.75, 3.05) is 0 Å². The number of rotatable bonds is 5. The zero-order chi connectivity index (χ0) is 8.74. The molecule has 0 bridgehead atoms. The van der Waals surface area contributed by atoms with Gasteiger partial charge in [-0.2, -0.15) is 0 Å². The van der Waals surface area contributed by atoms with E-state index in [0.29, 0.717) is 0 Å². The molecule has 0 rings (SSSR count). The third-order valence-electron chi connectivity index (χ3n) is 1.83. The Balaban J connectivity index is 0. The number of terminal acetylenes is 1. The summed E-state index contributed by atoms with van der Waals surface area (Å²) in [4.78, 5) is 0. The highest BCUT2D eigenvalue weighted by Gasteiger charge is 2.14. The van der Waals surface area contributed by atoms with Gasteiger partial charge in [-0.3, -0.25) is 0 Å². The highest BCUT2D eigenvalue weighted by Crippen LogP contribution is 2.13. The quantitative estimate of drug-likeness (QED) is 0.496. The van der Waals surface area contributed by atoms with Crippen LogP contribution in [0.2, 0.25) is 0 Å². The first-order valence-electron chi connectivity index (χ1n) is 4.32. The predicted molar refractivity (Wildman–Crippen MR) is 51.8 cm³/mol. The van der Waals surface area contributed by atoms with Crippen molar-refractivity contribution in [1.29, 1.82) is 0 Å². The molecule has 0 aliphatic rings. The molecule has 0 amide bonds. The lowest BCUT2D eigenvalue weighted by atomic mass is 9.99. The van der Waals surface area contributed by atoms with Gasteiger partial charge in [0.05, 0.1) is 0 Å². The zero-order valence-corrected chi connectivity index (χ0v) is 8.06. The minimum atomic E-state index is -0.881. The van der Waals surface area contributed by atoms with Gasteiger partial charge in [0.25, 0.3) is 0 Å². The van der Waals surface area contributed by atoms with E-state index in [1.807, 2.05) is 0 Å². The Labute approximate surface area is 75.3 Å². The molecule has 0 aliphatic carbocycles. The van der Waals surface area contributed by atoms with E-state index in [-0.39, 0.29) is 5.48 Å². The van der Waals surface area contributed by atoms with Crippen LogP contribution in [0.25, 0.3) is 0 Å². The maximum atomic E-state index is 9.39. The van der Waals surface area contributed by atoms with Crippen LogP contribution in [-0.2, 0) is 0 Å². The summed E-state index contributed by atoms with van der Waals surface area (Å²) < 4.78 is 0. The Bertz CT molecular complexity index is 133. The smallest absolute Gasteiger partial charge is 0.122 e. The van der Waals surface area contributed by atoms with Crippen molar-refractivity contribution in [3.05, 3.63) is 0 Å². The number of hydrogen-bond acceptors (Lipinski definition) is 1. The highest BCUT2D eigenvalue weighted by molar-refractivity contribution is 5.03. The van der Waals surface area contributed by atoms with Crippen molar-refractivity contribution in [1.82, 2.24) is 0 Å². The van der Waals surface area contributed by atoms with Gasteiger partial charge >= 0.3 is 0 Å². The van der Waals surface area contributed by atoms with Crippen LogP contribution in [-0.4, -0.2) is 16.2 Å². The lowest BCUT2D eigenvalue weighted by molar-refractivity contribution is 0.109. The van der Waals surface area contributed by atoms with Gasteiger partial charge in [-0.25, -0.2) is 0 Å². The van der Waals surface area contributed by atoms with Crippen molar-refractivity contribution in [2.24, 2.45) is 0 Å². The molecule has 1 atom stereocenters. The van der Waals surface area contributed by atoms with Crippen LogP contribution in [0.1, 0.15) is 46.0 Å². The maximum Gasteiger partial charge on any atom is 0.122 e. The Morgan fingerprint density at radius 2 is 1.92 bits per heavy atom. The van der Waals surface area contributed by atoms with Gasteiger partial charge in [0, 0.05) is 0 Å². The molecule has 0 aromatic rings. The molecule has 1 unspecified atom stereocenters. The van der Waals surface area contributed by atoms with E-state index in [4.69, 9.17) is 6.42 Å². The molecule has 0 heterocycles. The van der Waals surface area contributed by atoms with E-state index >= 15 is 0 Å². The first-order chi connectivity index (χ1) is 5.12. The van der Waals surface area contributed by atoms with E-state index < -0.39 is 5.60 Å². The fourth-order valence-electron chi connectivity index (χ4n) is 0.968. The summed E-state index contributed by atoms with van der Waals surface area (Å²) in [5.41, 5.74) is -0.881. The van der Waals surface area contributed by atoms with Crippen molar-refractivity contribution >= 4 is 0 Å². The number of hydrogen-bond donors (Lipinski definition) is 1. The van der Waals surface area contributed by atoms with Crippen LogP contribution >= 0.6 is 0 Å². The number of unbranched alkanes of at least 4 members (excludes halogenated alkanes) is 3. The zero-order valence-electron chi connectivity index (χ0n) is 8.06. The average molecular weight is 172 g/mol. The van der Waals surface area contributed by atoms with Gasteiger partial charge in [0.2, 0.25) is 0 Å². The second-order valence-corrected chi connectivity index (χ2v) is 3.23. The van der Waals surface area contributed by atoms with E-state index in [0.717, 1.165) is 12.8 Å². The topological polar surface area (TPSA) is 51.7 Å². The molecule has 0 spiro atoms. The molecule has 72 valence electrons. The molecule has 2 heteroatoms. The molecule has 0 radical (unpaired) electrons. The maximum absolute atomic E-state index is 9.39. The van der Waals surface area contributed by atoms with Gasteiger partial charge in [0.15, 0.2) is 0 Å². The second-order valence-electron chi connectivity index (χ2n) is 3.23. The predicted octanol–water partition coefficient (Wildman–Crippen LogP) is 1.52. The van der Waals surface area contributed by atoms with Gasteiger partial charge in [-0.1, -0.05) is 32.1 Å². The Morgan fingerprint density at radius 3 is 2.33 bits per heavy atom. The molecule has 0 fully saturated rings. The van der Waals surface area contributed by atoms with Crippen LogP contribution in [0.15, 0.2) is 0 Å². The first kappa shape index (κ1) is 14.0. The molecule has 0 aromatic carbocycles. The van der Waals surface area contributed by atoms with E-state index in [1.165, 1.54) is 19.3 Å². The lowest BCUT2D eigenvalue weighted by Gasteiger charge is -2.14. The van der Waals surface area contributed by atoms with E-state index in [9.17, 15) is 5.11 Å². The molecule has 3 N–H and O–H groups in total. The van der Waals surface area contributed by atoms with Crippen molar-refractivity contribution in [2.45, 2.75) is 51.6 Å². The summed E-state index contributed by atoms with van der Waals surface area (Å²) in [6, 6.07) is 0. The summed E-state index contributed by atoms with van der Waals surface area (Å²) in [6.07, 6.45) is 10.5. The summed E-state index contributed by atoms with van der Waals surface area (Å²) in [6.45, 7) is 3.86. The third-order valence-corrected chi connectivity index (χ3v) is 1.83. The molecule has 2 nitrogen and oxygen atoms in total. The minimum Gasteiger partial charge on any atom is -0.412 e. The Kier molecular flexibility index (Phi) is 8.36. The summed E-state index contributed by atoms with van der Waals surface area (Å²) in [7, 11) is 0. The molecule has 0 saturated carbocycles. The lowest BCUT2D eigenvalue weighted by Crippen LogP contribution is -2.20. The standard InChI is InChI=1S/C10H18O.H2O/c1-4-6-7-8-9-10(3,11)5-2;/h2,11H,4,6-9H2,1,3H3;1H2. The van der Waals surface area contributed by atoms with E-state index in [1.54, 1.807) is 6.92 Å². The van der Waals surface area contributed by atoms with Gasteiger partial charge in [0.1, 0.15) is 5.60 Å². The van der Waals surface area contributed by atoms with Crippen LogP contribution in [0.4, 0.5) is 0 Å². The molecule has 0 aromatic heterocycles. The van der Waals surface area contributed by atoms with Gasteiger partial charge < -0.3 is 10.6 Å². The molecular formula is C10H20O2. The normalized spacial score (nSPS) is 14.2. The summed E-state index contributed by atoms with van der Waals surface area (Å²) in [5.74, 6) is 2.37. The molecule has 0 saturated heterocycles. The molecular weight excluding hydrogens is 152 g/mol. The fourth-order valence-corrected chi connectivity index (χ4v) is 0.968. The Morgan fingerprint density at radius 1 is 1.33 bits per heavy atom. The van der Waals surface area contributed by atoms with E-state index in [2.05, 4.69) is 12.8 Å². The largest absolute Gasteiger partial charge is 0.412 e. The minimum absolute atomic E-state index is 0. The van der Waals surface area contributed by atoms with Crippen molar-refractivity contribution < 1.29 is 10.6 Å². The van der Waals surface area contributed by atoms with Crippen molar-refractivity contribution in [3.63, 3.8) is 0 Å². The van der Waals surface area contributed by atoms with Gasteiger partial charge in [-0.15, -0.1) is 6.42 Å². The highest BCUT2D eigenvalue weighted by atomic mass is 16.3. The molecule has 0 aliphatic heterocycles. The monoisotopic (exact) mass is 172 g/mol. The van der Waals surface area contributed by atoms with Crippen LogP contribution < -0.4 is 0 Å². The van der Waals surface area contributed by atoms with Crippen molar-refractivity contribution in [3.8, 4) is 12.3 Å². The first-order valence-corrected chi connectivity index (χ1v) is 4.32. The molecule has 12 heavy (non-hydrogen) atoms. The fraction of sp³-hybridized carbons (Fsp3) is 0.800. The SMILES string of the molecule is C#CC(C)(O)CCCCCC.O.